The lowest BCUT2D eigenvalue weighted by Crippen LogP contribution is -2.34. The summed E-state index contributed by atoms with van der Waals surface area (Å²) in [6.07, 6.45) is 0. The maximum atomic E-state index is 12.4. The molecule has 0 aliphatic carbocycles. The molecule has 6 nitrogen and oxygen atoms in total. The van der Waals surface area contributed by atoms with E-state index >= 15 is 0 Å². The number of carbonyl (C=O) groups excluding carboxylic acids is 2. The Morgan fingerprint density at radius 3 is 2.66 bits per heavy atom. The fourth-order valence-corrected chi connectivity index (χ4v) is 5.96. The van der Waals surface area contributed by atoms with Crippen LogP contribution in [-0.4, -0.2) is 34.1 Å². The summed E-state index contributed by atoms with van der Waals surface area (Å²) in [5.74, 6) is 0.369. The third kappa shape index (κ3) is 5.01. The van der Waals surface area contributed by atoms with Crippen LogP contribution in [0.25, 0.3) is 20.7 Å². The highest BCUT2D eigenvalue weighted by Gasteiger charge is 2.17. The lowest BCUT2D eigenvalue weighted by molar-refractivity contribution is -0.122. The van der Waals surface area contributed by atoms with Crippen LogP contribution in [0.15, 0.2) is 46.1 Å². The fraction of sp³-hybridized carbons (Fsp3) is 0.217. The van der Waals surface area contributed by atoms with Crippen molar-refractivity contribution in [3.05, 3.63) is 58.0 Å². The van der Waals surface area contributed by atoms with Gasteiger partial charge in [0.1, 0.15) is 15.7 Å². The van der Waals surface area contributed by atoms with Gasteiger partial charge < -0.3 is 10.6 Å². The number of anilines is 1. The van der Waals surface area contributed by atoms with Gasteiger partial charge in [0, 0.05) is 21.5 Å². The van der Waals surface area contributed by atoms with E-state index in [4.69, 9.17) is 0 Å². The monoisotopic (exact) mass is 482 g/mol. The zero-order valence-corrected chi connectivity index (χ0v) is 20.3. The number of fused-ring (bicyclic) bond motifs is 1. The number of hydrogen-bond donors (Lipinski definition) is 2. The molecule has 2 amide bonds. The molecule has 0 atom stereocenters. The number of benzene rings is 1. The quantitative estimate of drug-likeness (QED) is 0.280. The highest BCUT2D eigenvalue weighted by Crippen LogP contribution is 2.39. The molecule has 0 spiro atoms. The first-order valence-corrected chi connectivity index (χ1v) is 12.7. The predicted molar refractivity (Wildman–Crippen MR) is 134 cm³/mol. The van der Waals surface area contributed by atoms with E-state index in [1.165, 1.54) is 11.8 Å². The van der Waals surface area contributed by atoms with Gasteiger partial charge in [-0.05, 0) is 49.4 Å². The number of rotatable bonds is 7. The number of aromatic nitrogens is 2. The molecule has 9 heteroatoms. The van der Waals surface area contributed by atoms with Crippen molar-refractivity contribution in [3.63, 3.8) is 0 Å². The topological polar surface area (TPSA) is 84.0 Å². The molecule has 0 unspecified atom stereocenters. The molecule has 2 N–H and O–H groups in total. The van der Waals surface area contributed by atoms with Crippen molar-refractivity contribution in [2.75, 3.05) is 17.6 Å². The summed E-state index contributed by atoms with van der Waals surface area (Å²) >= 11 is 4.61. The second kappa shape index (κ2) is 9.81. The lowest BCUT2D eigenvalue weighted by atomic mass is 10.1. The highest BCUT2D eigenvalue weighted by atomic mass is 32.2. The Hall–Kier alpha value is -2.75. The first-order chi connectivity index (χ1) is 15.4. The van der Waals surface area contributed by atoms with E-state index in [0.29, 0.717) is 5.82 Å². The molecule has 1 aromatic carbocycles. The molecule has 3 aromatic heterocycles. The highest BCUT2D eigenvalue weighted by molar-refractivity contribution is 8.00. The summed E-state index contributed by atoms with van der Waals surface area (Å²) < 4.78 is 0. The Kier molecular flexibility index (Phi) is 6.88. The van der Waals surface area contributed by atoms with Crippen molar-refractivity contribution < 1.29 is 9.59 Å². The van der Waals surface area contributed by atoms with Gasteiger partial charge in [-0.2, -0.15) is 0 Å². The molecular formula is C23H22N4O2S3. The first-order valence-electron chi connectivity index (χ1n) is 9.97. The van der Waals surface area contributed by atoms with Gasteiger partial charge in [0.05, 0.1) is 17.7 Å². The Balaban J connectivity index is 1.39. The van der Waals surface area contributed by atoms with Crippen LogP contribution < -0.4 is 10.6 Å². The number of thioether (sulfide) groups is 1. The van der Waals surface area contributed by atoms with Gasteiger partial charge in [-0.1, -0.05) is 30.0 Å². The normalized spacial score (nSPS) is 11.0. The standard InChI is InChI=1S/C23H22N4O2S3/c1-13-6-4-7-17(14(13)2)27-19(28)10-24-20(29)12-32-23-21-16(18-8-5-9-30-18)11-31-22(21)25-15(3)26-23/h4-9,11H,10,12H2,1-3H3,(H,24,29)(H,27,28). The minimum atomic E-state index is -0.255. The van der Waals surface area contributed by atoms with Crippen LogP contribution in [0.5, 0.6) is 0 Å². The van der Waals surface area contributed by atoms with Crippen LogP contribution in [0.3, 0.4) is 0 Å². The Morgan fingerprint density at radius 2 is 1.88 bits per heavy atom. The molecule has 4 rings (SSSR count). The second-order valence-electron chi connectivity index (χ2n) is 7.24. The Bertz CT molecular complexity index is 1280. The van der Waals surface area contributed by atoms with Crippen molar-refractivity contribution in [3.8, 4) is 10.4 Å². The zero-order valence-electron chi connectivity index (χ0n) is 17.9. The van der Waals surface area contributed by atoms with E-state index in [-0.39, 0.29) is 24.1 Å². The molecule has 0 saturated heterocycles. The molecule has 0 aliphatic rings. The van der Waals surface area contributed by atoms with Gasteiger partial charge in [0.2, 0.25) is 11.8 Å². The van der Waals surface area contributed by atoms with Gasteiger partial charge in [-0.15, -0.1) is 22.7 Å². The van der Waals surface area contributed by atoms with E-state index < -0.39 is 0 Å². The van der Waals surface area contributed by atoms with Crippen LogP contribution in [-0.2, 0) is 9.59 Å². The number of nitrogens with one attached hydrogen (secondary N) is 2. The smallest absolute Gasteiger partial charge is 0.243 e. The van der Waals surface area contributed by atoms with Crippen LogP contribution in [0.4, 0.5) is 5.69 Å². The summed E-state index contributed by atoms with van der Waals surface area (Å²) in [6.45, 7) is 5.72. The van der Waals surface area contributed by atoms with E-state index in [0.717, 1.165) is 42.5 Å². The molecule has 0 aliphatic heterocycles. The van der Waals surface area contributed by atoms with E-state index in [2.05, 4.69) is 32.0 Å². The molecule has 0 fully saturated rings. The summed E-state index contributed by atoms with van der Waals surface area (Å²) in [4.78, 5) is 35.9. The largest absolute Gasteiger partial charge is 0.346 e. The third-order valence-electron chi connectivity index (χ3n) is 4.96. The molecule has 0 saturated carbocycles. The molecule has 3 heterocycles. The van der Waals surface area contributed by atoms with Crippen LogP contribution in [0.1, 0.15) is 17.0 Å². The number of aryl methyl sites for hydroxylation is 2. The average Bonchev–Trinajstić information content (AvgIpc) is 3.43. The van der Waals surface area contributed by atoms with Crippen molar-refractivity contribution >= 4 is 62.2 Å². The maximum Gasteiger partial charge on any atom is 0.243 e. The number of thiophene rings is 2. The zero-order chi connectivity index (χ0) is 22.7. The van der Waals surface area contributed by atoms with Crippen molar-refractivity contribution in [1.29, 1.82) is 0 Å². The summed E-state index contributed by atoms with van der Waals surface area (Å²) in [5.41, 5.74) is 3.97. The molecule has 0 bridgehead atoms. The summed E-state index contributed by atoms with van der Waals surface area (Å²) in [5, 5.41) is 11.4. The SMILES string of the molecule is Cc1nc(SCC(=O)NCC(=O)Nc2cccc(C)c2C)c2c(-c3cccs3)csc2n1. The number of nitrogens with zero attached hydrogens (tertiary/aromatic N) is 2. The summed E-state index contributed by atoms with van der Waals surface area (Å²) in [7, 11) is 0. The van der Waals surface area contributed by atoms with Gasteiger partial charge in [0.25, 0.3) is 0 Å². The summed E-state index contributed by atoms with van der Waals surface area (Å²) in [6, 6.07) is 9.83. The number of hydrogen-bond acceptors (Lipinski definition) is 7. The Morgan fingerprint density at radius 1 is 1.03 bits per heavy atom. The van der Waals surface area contributed by atoms with E-state index in [1.807, 2.05) is 50.4 Å². The molecular weight excluding hydrogens is 460 g/mol. The van der Waals surface area contributed by atoms with Crippen LogP contribution in [0.2, 0.25) is 0 Å². The number of amides is 2. The molecule has 0 radical (unpaired) electrons. The lowest BCUT2D eigenvalue weighted by Gasteiger charge is -2.11. The van der Waals surface area contributed by atoms with Gasteiger partial charge >= 0.3 is 0 Å². The predicted octanol–water partition coefficient (Wildman–Crippen LogP) is 5.19. The van der Waals surface area contributed by atoms with E-state index in [1.54, 1.807) is 22.7 Å². The molecule has 164 valence electrons. The van der Waals surface area contributed by atoms with Gasteiger partial charge in [0.15, 0.2) is 0 Å². The van der Waals surface area contributed by atoms with Crippen molar-refractivity contribution in [2.45, 2.75) is 25.8 Å². The fourth-order valence-electron chi connectivity index (χ4n) is 3.17. The first kappa shape index (κ1) is 22.4. The van der Waals surface area contributed by atoms with E-state index in [9.17, 15) is 9.59 Å². The minimum absolute atomic E-state index is 0.0795. The maximum absolute atomic E-state index is 12.4. The van der Waals surface area contributed by atoms with Crippen molar-refractivity contribution in [1.82, 2.24) is 15.3 Å². The van der Waals surface area contributed by atoms with Gasteiger partial charge in [-0.25, -0.2) is 9.97 Å². The van der Waals surface area contributed by atoms with Crippen molar-refractivity contribution in [2.24, 2.45) is 0 Å². The average molecular weight is 483 g/mol. The second-order valence-corrected chi connectivity index (χ2v) is 10.0. The Labute approximate surface area is 198 Å². The number of carbonyl (C=O) groups is 2. The van der Waals surface area contributed by atoms with Gasteiger partial charge in [-0.3, -0.25) is 9.59 Å². The third-order valence-corrected chi connectivity index (χ3v) is 7.71. The minimum Gasteiger partial charge on any atom is -0.346 e. The van der Waals surface area contributed by atoms with Crippen LogP contribution >= 0.6 is 34.4 Å². The molecule has 32 heavy (non-hydrogen) atoms. The van der Waals surface area contributed by atoms with Crippen LogP contribution in [0, 0.1) is 20.8 Å². The molecule has 4 aromatic rings.